The maximum absolute atomic E-state index is 3.59. The first kappa shape index (κ1) is 12.3. The van der Waals surface area contributed by atoms with Crippen molar-refractivity contribution in [3.8, 4) is 0 Å². The van der Waals surface area contributed by atoms with E-state index in [1.807, 2.05) is 11.8 Å². The van der Waals surface area contributed by atoms with E-state index >= 15 is 0 Å². The molecule has 0 spiro atoms. The average Bonchev–Trinajstić information content (AvgIpc) is 1.96. The predicted molar refractivity (Wildman–Crippen MR) is 59.9 cm³/mol. The molecule has 0 radical (unpaired) electrons. The van der Waals surface area contributed by atoms with E-state index in [0.29, 0.717) is 12.1 Å². The maximum atomic E-state index is 3.59. The van der Waals surface area contributed by atoms with E-state index in [1.54, 1.807) is 0 Å². The van der Waals surface area contributed by atoms with Gasteiger partial charge in [-0.15, -0.1) is 0 Å². The van der Waals surface area contributed by atoms with E-state index < -0.39 is 0 Å². The van der Waals surface area contributed by atoms with Crippen LogP contribution in [0, 0.1) is 5.92 Å². The van der Waals surface area contributed by atoms with Gasteiger partial charge < -0.3 is 5.32 Å². The summed E-state index contributed by atoms with van der Waals surface area (Å²) in [5, 5.41) is 3.59. The Bertz CT molecular complexity index is 102. The molecule has 0 amide bonds. The molecule has 0 aromatic heterocycles. The molecule has 0 heterocycles. The van der Waals surface area contributed by atoms with Crippen LogP contribution in [0.2, 0.25) is 0 Å². The molecule has 0 aromatic carbocycles. The van der Waals surface area contributed by atoms with Gasteiger partial charge >= 0.3 is 0 Å². The second-order valence-electron chi connectivity index (χ2n) is 3.83. The van der Waals surface area contributed by atoms with Gasteiger partial charge in [-0.05, 0) is 11.7 Å². The first-order chi connectivity index (χ1) is 5.57. The van der Waals surface area contributed by atoms with E-state index in [2.05, 4.69) is 39.9 Å². The molecule has 1 N–H and O–H groups in total. The topological polar surface area (TPSA) is 12.0 Å². The molecular weight excluding hydrogens is 166 g/mol. The Morgan fingerprint density at radius 3 is 2.08 bits per heavy atom. The minimum Gasteiger partial charge on any atom is -0.311 e. The van der Waals surface area contributed by atoms with Crippen molar-refractivity contribution >= 4 is 11.8 Å². The van der Waals surface area contributed by atoms with Crippen LogP contribution in [0.15, 0.2) is 0 Å². The summed E-state index contributed by atoms with van der Waals surface area (Å²) in [4.78, 5) is 0. The second kappa shape index (κ2) is 6.79. The number of hydrogen-bond acceptors (Lipinski definition) is 2. The minimum absolute atomic E-state index is 0.606. The van der Waals surface area contributed by atoms with Gasteiger partial charge in [-0.1, -0.05) is 34.6 Å². The molecule has 0 fully saturated rings. The van der Waals surface area contributed by atoms with Gasteiger partial charge in [0.2, 0.25) is 0 Å². The maximum Gasteiger partial charge on any atom is 0.0183 e. The van der Waals surface area contributed by atoms with Crippen molar-refractivity contribution in [2.24, 2.45) is 5.92 Å². The van der Waals surface area contributed by atoms with Crippen LogP contribution < -0.4 is 5.32 Å². The van der Waals surface area contributed by atoms with Gasteiger partial charge in [0, 0.05) is 17.8 Å². The monoisotopic (exact) mass is 189 g/mol. The lowest BCUT2D eigenvalue weighted by Gasteiger charge is -2.24. The Morgan fingerprint density at radius 2 is 1.75 bits per heavy atom. The SMILES string of the molecule is CCSC[C@@H](NC(C)C)C(C)C. The van der Waals surface area contributed by atoms with Crippen molar-refractivity contribution in [3.63, 3.8) is 0 Å². The summed E-state index contributed by atoms with van der Waals surface area (Å²) in [7, 11) is 0. The van der Waals surface area contributed by atoms with Crippen molar-refractivity contribution < 1.29 is 0 Å². The molecule has 0 aliphatic carbocycles. The van der Waals surface area contributed by atoms with Crippen LogP contribution in [0.3, 0.4) is 0 Å². The number of hydrogen-bond donors (Lipinski definition) is 1. The zero-order valence-electron chi connectivity index (χ0n) is 9.05. The van der Waals surface area contributed by atoms with Crippen molar-refractivity contribution in [1.29, 1.82) is 0 Å². The quantitative estimate of drug-likeness (QED) is 0.689. The first-order valence-electron chi connectivity index (χ1n) is 4.91. The van der Waals surface area contributed by atoms with Crippen molar-refractivity contribution in [1.82, 2.24) is 5.32 Å². The van der Waals surface area contributed by atoms with E-state index in [-0.39, 0.29) is 0 Å². The van der Waals surface area contributed by atoms with Crippen molar-refractivity contribution in [2.75, 3.05) is 11.5 Å². The second-order valence-corrected chi connectivity index (χ2v) is 5.15. The summed E-state index contributed by atoms with van der Waals surface area (Å²) in [5.74, 6) is 3.21. The van der Waals surface area contributed by atoms with E-state index in [1.165, 1.54) is 11.5 Å². The standard InChI is InChI=1S/C10H23NS/c1-6-12-7-10(8(2)3)11-9(4)5/h8-11H,6-7H2,1-5H3/t10-/m1/s1. The molecule has 1 nitrogen and oxygen atoms in total. The van der Waals surface area contributed by atoms with E-state index in [9.17, 15) is 0 Å². The molecule has 0 saturated heterocycles. The normalized spacial score (nSPS) is 14.2. The highest BCUT2D eigenvalue weighted by Gasteiger charge is 2.12. The van der Waals surface area contributed by atoms with Crippen LogP contribution in [-0.2, 0) is 0 Å². The summed E-state index contributed by atoms with van der Waals surface area (Å²) in [6.45, 7) is 11.2. The molecule has 0 rings (SSSR count). The lowest BCUT2D eigenvalue weighted by atomic mass is 10.1. The van der Waals surface area contributed by atoms with E-state index in [0.717, 1.165) is 5.92 Å². The largest absolute Gasteiger partial charge is 0.311 e. The van der Waals surface area contributed by atoms with Gasteiger partial charge in [-0.2, -0.15) is 11.8 Å². The van der Waals surface area contributed by atoms with Gasteiger partial charge in [0.25, 0.3) is 0 Å². The lowest BCUT2D eigenvalue weighted by molar-refractivity contribution is 0.401. The lowest BCUT2D eigenvalue weighted by Crippen LogP contribution is -2.40. The van der Waals surface area contributed by atoms with Gasteiger partial charge in [0.1, 0.15) is 0 Å². The molecule has 0 saturated carbocycles. The Morgan fingerprint density at radius 1 is 1.17 bits per heavy atom. The van der Waals surface area contributed by atoms with Crippen LogP contribution in [0.25, 0.3) is 0 Å². The molecule has 1 atom stereocenters. The molecule has 0 unspecified atom stereocenters. The molecule has 74 valence electrons. The summed E-state index contributed by atoms with van der Waals surface area (Å²) in [5.41, 5.74) is 0. The summed E-state index contributed by atoms with van der Waals surface area (Å²) in [6.07, 6.45) is 0. The summed E-state index contributed by atoms with van der Waals surface area (Å²) >= 11 is 2.02. The predicted octanol–water partition coefficient (Wildman–Crippen LogP) is 2.76. The smallest absolute Gasteiger partial charge is 0.0183 e. The fraction of sp³-hybridized carbons (Fsp3) is 1.00. The highest BCUT2D eigenvalue weighted by atomic mass is 32.2. The van der Waals surface area contributed by atoms with Crippen LogP contribution in [0.4, 0.5) is 0 Å². The van der Waals surface area contributed by atoms with Crippen LogP contribution in [-0.4, -0.2) is 23.6 Å². The Labute approximate surface area is 81.7 Å². The molecule has 12 heavy (non-hydrogen) atoms. The molecule has 0 bridgehead atoms. The third-order valence-electron chi connectivity index (χ3n) is 1.85. The zero-order valence-corrected chi connectivity index (χ0v) is 9.87. The van der Waals surface area contributed by atoms with Crippen LogP contribution >= 0.6 is 11.8 Å². The Kier molecular flexibility index (Phi) is 6.96. The molecular formula is C10H23NS. The van der Waals surface area contributed by atoms with Crippen LogP contribution in [0.5, 0.6) is 0 Å². The van der Waals surface area contributed by atoms with Gasteiger partial charge in [-0.25, -0.2) is 0 Å². The number of thioether (sulfide) groups is 1. The summed E-state index contributed by atoms with van der Waals surface area (Å²) < 4.78 is 0. The van der Waals surface area contributed by atoms with Gasteiger partial charge in [0.05, 0.1) is 0 Å². The third-order valence-corrected chi connectivity index (χ3v) is 2.86. The Hall–Kier alpha value is 0.310. The van der Waals surface area contributed by atoms with Crippen molar-refractivity contribution in [3.05, 3.63) is 0 Å². The number of rotatable bonds is 6. The number of nitrogens with one attached hydrogen (secondary N) is 1. The molecule has 2 heteroatoms. The average molecular weight is 189 g/mol. The highest BCUT2D eigenvalue weighted by Crippen LogP contribution is 2.10. The zero-order chi connectivity index (χ0) is 9.56. The fourth-order valence-electron chi connectivity index (χ4n) is 1.11. The minimum atomic E-state index is 0.606. The third kappa shape index (κ3) is 5.90. The molecule has 0 aromatic rings. The molecule has 0 aliphatic heterocycles. The van der Waals surface area contributed by atoms with Gasteiger partial charge in [0.15, 0.2) is 0 Å². The Balaban J connectivity index is 3.70. The fourth-order valence-corrected chi connectivity index (χ4v) is 2.08. The van der Waals surface area contributed by atoms with Crippen LogP contribution in [0.1, 0.15) is 34.6 Å². The summed E-state index contributed by atoms with van der Waals surface area (Å²) in [6, 6.07) is 1.28. The molecule has 0 aliphatic rings. The van der Waals surface area contributed by atoms with E-state index in [4.69, 9.17) is 0 Å². The first-order valence-corrected chi connectivity index (χ1v) is 6.07. The van der Waals surface area contributed by atoms with Gasteiger partial charge in [-0.3, -0.25) is 0 Å². The highest BCUT2D eigenvalue weighted by molar-refractivity contribution is 7.99. The van der Waals surface area contributed by atoms with Crippen molar-refractivity contribution in [2.45, 2.75) is 46.7 Å².